The molecule has 1 unspecified atom stereocenters. The molecule has 0 aromatic heterocycles. The van der Waals surface area contributed by atoms with Crippen molar-refractivity contribution in [1.82, 2.24) is 0 Å². The number of hydrogen-bond donors (Lipinski definition) is 2. The summed E-state index contributed by atoms with van der Waals surface area (Å²) in [6, 6.07) is 0. The number of aldehydes is 1. The predicted octanol–water partition coefficient (Wildman–Crippen LogP) is -0.382. The maximum absolute atomic E-state index is 9.48. The van der Waals surface area contributed by atoms with E-state index in [9.17, 15) is 4.79 Å². The van der Waals surface area contributed by atoms with E-state index < -0.39 is 11.9 Å². The van der Waals surface area contributed by atoms with Crippen LogP contribution >= 0.6 is 0 Å². The summed E-state index contributed by atoms with van der Waals surface area (Å²) >= 11 is 0. The first-order chi connectivity index (χ1) is 3.18. The van der Waals surface area contributed by atoms with E-state index in [4.69, 9.17) is 10.2 Å². The second kappa shape index (κ2) is 2.36. The van der Waals surface area contributed by atoms with Gasteiger partial charge in [-0.05, 0) is 0 Å². The first-order valence-corrected chi connectivity index (χ1v) is 1.69. The van der Waals surface area contributed by atoms with Crippen LogP contribution in [-0.2, 0) is 4.79 Å². The molecule has 0 bridgehead atoms. The first kappa shape index (κ1) is 6.17. The molecule has 0 aliphatic heterocycles. The zero-order valence-corrected chi connectivity index (χ0v) is 3.66. The molecule has 0 aromatic rings. The quantitative estimate of drug-likeness (QED) is 0.369. The molecule has 3 nitrogen and oxygen atoms in total. The smallest absolute Gasteiger partial charge is 0.165 e. The number of carbonyl (C=O) groups is 1. The van der Waals surface area contributed by atoms with Crippen LogP contribution in [0.15, 0.2) is 12.3 Å². The van der Waals surface area contributed by atoms with Crippen molar-refractivity contribution in [3.63, 3.8) is 0 Å². The Balaban J connectivity index is 3.55. The molecule has 40 valence electrons. The Kier molecular flexibility index (Phi) is 2.08. The Hall–Kier alpha value is -0.830. The Morgan fingerprint density at radius 3 is 2.29 bits per heavy atom. The van der Waals surface area contributed by atoms with E-state index in [0.717, 1.165) is 0 Å². The average Bonchev–Trinajstić information content (AvgIpc) is 1.65. The maximum Gasteiger partial charge on any atom is 0.165 e. The lowest BCUT2D eigenvalue weighted by atomic mass is 10.4. The third kappa shape index (κ3) is 1.94. The van der Waals surface area contributed by atoms with Gasteiger partial charge in [-0.15, -0.1) is 0 Å². The van der Waals surface area contributed by atoms with Crippen molar-refractivity contribution < 1.29 is 15.0 Å². The standard InChI is InChI=1S/C4H6O3/c1-3(6)4(7)2-5/h2,4,6-7H,1H2. The minimum absolute atomic E-state index is 0.197. The summed E-state index contributed by atoms with van der Waals surface area (Å²) in [6.45, 7) is 2.90. The van der Waals surface area contributed by atoms with Gasteiger partial charge in [0.05, 0.1) is 0 Å². The monoisotopic (exact) mass is 102 g/mol. The van der Waals surface area contributed by atoms with Gasteiger partial charge < -0.3 is 10.2 Å². The summed E-state index contributed by atoms with van der Waals surface area (Å²) in [5, 5.41) is 16.4. The van der Waals surface area contributed by atoms with E-state index in [0.29, 0.717) is 0 Å². The average molecular weight is 102 g/mol. The number of carbonyl (C=O) groups excluding carboxylic acids is 1. The normalized spacial score (nSPS) is 12.7. The molecule has 0 fully saturated rings. The second-order valence-corrected chi connectivity index (χ2v) is 1.07. The van der Waals surface area contributed by atoms with Crippen molar-refractivity contribution in [2.45, 2.75) is 6.10 Å². The molecule has 0 saturated heterocycles. The molecule has 3 heteroatoms. The topological polar surface area (TPSA) is 57.5 Å². The van der Waals surface area contributed by atoms with Crippen LogP contribution < -0.4 is 0 Å². The molecular formula is C4H6O3. The van der Waals surface area contributed by atoms with Crippen LogP contribution in [-0.4, -0.2) is 22.6 Å². The van der Waals surface area contributed by atoms with Gasteiger partial charge in [-0.1, -0.05) is 6.58 Å². The van der Waals surface area contributed by atoms with Gasteiger partial charge in [0.2, 0.25) is 0 Å². The third-order valence-electron chi connectivity index (χ3n) is 0.470. The minimum atomic E-state index is -1.42. The molecule has 0 radical (unpaired) electrons. The van der Waals surface area contributed by atoms with Crippen molar-refractivity contribution in [2.75, 3.05) is 0 Å². The number of rotatable bonds is 2. The van der Waals surface area contributed by atoms with Crippen LogP contribution in [0.5, 0.6) is 0 Å². The zero-order valence-electron chi connectivity index (χ0n) is 3.66. The molecule has 7 heavy (non-hydrogen) atoms. The molecule has 0 heterocycles. The Labute approximate surface area is 40.9 Å². The fraction of sp³-hybridized carbons (Fsp3) is 0.250. The van der Waals surface area contributed by atoms with Crippen molar-refractivity contribution in [3.05, 3.63) is 12.3 Å². The van der Waals surface area contributed by atoms with Crippen LogP contribution in [0.1, 0.15) is 0 Å². The fourth-order valence-corrected chi connectivity index (χ4v) is 0.0785. The number of hydrogen-bond acceptors (Lipinski definition) is 3. The molecule has 1 atom stereocenters. The molecular weight excluding hydrogens is 96.0 g/mol. The van der Waals surface area contributed by atoms with Crippen LogP contribution in [0.4, 0.5) is 0 Å². The van der Waals surface area contributed by atoms with E-state index in [1.54, 1.807) is 0 Å². The van der Waals surface area contributed by atoms with Gasteiger partial charge in [0.15, 0.2) is 12.4 Å². The van der Waals surface area contributed by atoms with Gasteiger partial charge in [-0.2, -0.15) is 0 Å². The number of aliphatic hydroxyl groups is 2. The van der Waals surface area contributed by atoms with Gasteiger partial charge in [0, 0.05) is 0 Å². The summed E-state index contributed by atoms with van der Waals surface area (Å²) in [4.78, 5) is 9.48. The summed E-state index contributed by atoms with van der Waals surface area (Å²) in [7, 11) is 0. The molecule has 0 rings (SSSR count). The highest BCUT2D eigenvalue weighted by Crippen LogP contribution is 1.86. The molecule has 2 N–H and O–H groups in total. The lowest BCUT2D eigenvalue weighted by Crippen LogP contribution is -2.09. The Bertz CT molecular complexity index is 86.9. The maximum atomic E-state index is 9.48. The summed E-state index contributed by atoms with van der Waals surface area (Å²) in [5.41, 5.74) is 0. The highest BCUT2D eigenvalue weighted by Gasteiger charge is 2.01. The van der Waals surface area contributed by atoms with Crippen molar-refractivity contribution in [3.8, 4) is 0 Å². The minimum Gasteiger partial charge on any atom is -0.510 e. The van der Waals surface area contributed by atoms with Crippen LogP contribution in [0, 0.1) is 0 Å². The molecule has 0 aromatic carbocycles. The predicted molar refractivity (Wildman–Crippen MR) is 23.8 cm³/mol. The SMILES string of the molecule is C=C(O)C(O)C=O. The first-order valence-electron chi connectivity index (χ1n) is 1.69. The molecule has 0 aliphatic rings. The van der Waals surface area contributed by atoms with Crippen molar-refractivity contribution in [2.24, 2.45) is 0 Å². The van der Waals surface area contributed by atoms with Crippen LogP contribution in [0.3, 0.4) is 0 Å². The van der Waals surface area contributed by atoms with Gasteiger partial charge >= 0.3 is 0 Å². The lowest BCUT2D eigenvalue weighted by molar-refractivity contribution is -0.114. The number of aliphatic hydroxyl groups excluding tert-OH is 2. The van der Waals surface area contributed by atoms with Crippen molar-refractivity contribution in [1.29, 1.82) is 0 Å². The third-order valence-corrected chi connectivity index (χ3v) is 0.470. The highest BCUT2D eigenvalue weighted by atomic mass is 16.3. The van der Waals surface area contributed by atoms with Crippen LogP contribution in [0.25, 0.3) is 0 Å². The van der Waals surface area contributed by atoms with Gasteiger partial charge in [-0.25, -0.2) is 0 Å². The van der Waals surface area contributed by atoms with E-state index in [1.807, 2.05) is 0 Å². The Morgan fingerprint density at radius 2 is 2.29 bits per heavy atom. The highest BCUT2D eigenvalue weighted by molar-refractivity contribution is 5.59. The van der Waals surface area contributed by atoms with Crippen LogP contribution in [0.2, 0.25) is 0 Å². The molecule has 0 spiro atoms. The van der Waals surface area contributed by atoms with Crippen molar-refractivity contribution >= 4 is 6.29 Å². The summed E-state index contributed by atoms with van der Waals surface area (Å²) in [6.07, 6.45) is -1.22. The van der Waals surface area contributed by atoms with E-state index in [1.165, 1.54) is 0 Å². The second-order valence-electron chi connectivity index (χ2n) is 1.07. The summed E-state index contributed by atoms with van der Waals surface area (Å²) < 4.78 is 0. The van der Waals surface area contributed by atoms with E-state index in [-0.39, 0.29) is 6.29 Å². The summed E-state index contributed by atoms with van der Waals surface area (Å²) in [5.74, 6) is -0.519. The largest absolute Gasteiger partial charge is 0.510 e. The van der Waals surface area contributed by atoms with Gasteiger partial charge in [-0.3, -0.25) is 4.79 Å². The zero-order chi connectivity index (χ0) is 5.86. The molecule has 0 amide bonds. The van der Waals surface area contributed by atoms with E-state index in [2.05, 4.69) is 6.58 Å². The van der Waals surface area contributed by atoms with Gasteiger partial charge in [0.25, 0.3) is 0 Å². The Morgan fingerprint density at radius 1 is 1.86 bits per heavy atom. The lowest BCUT2D eigenvalue weighted by Gasteiger charge is -1.94. The van der Waals surface area contributed by atoms with Gasteiger partial charge in [0.1, 0.15) is 5.76 Å². The fourth-order valence-electron chi connectivity index (χ4n) is 0.0785. The van der Waals surface area contributed by atoms with E-state index >= 15 is 0 Å². The molecule has 0 aliphatic carbocycles. The molecule has 0 saturated carbocycles.